The summed E-state index contributed by atoms with van der Waals surface area (Å²) in [4.78, 5) is 15.5. The summed E-state index contributed by atoms with van der Waals surface area (Å²) in [7, 11) is 1.57. The summed E-state index contributed by atoms with van der Waals surface area (Å²) < 4.78 is 5.34. The van der Waals surface area contributed by atoms with E-state index in [0.29, 0.717) is 23.7 Å². The van der Waals surface area contributed by atoms with Crippen LogP contribution in [-0.2, 0) is 18.6 Å². The van der Waals surface area contributed by atoms with Crippen molar-refractivity contribution in [3.63, 3.8) is 0 Å². The fourth-order valence-corrected chi connectivity index (χ4v) is 3.60. The molecule has 0 atom stereocenters. The highest BCUT2D eigenvalue weighted by atomic mass is 16.5. The van der Waals surface area contributed by atoms with E-state index in [2.05, 4.69) is 31.2 Å². The third kappa shape index (κ3) is 4.27. The number of anilines is 3. The molecule has 0 fully saturated rings. The molecule has 0 aliphatic carbocycles. The van der Waals surface area contributed by atoms with Crippen molar-refractivity contribution in [2.75, 3.05) is 23.9 Å². The van der Waals surface area contributed by atoms with Crippen LogP contribution in [0.1, 0.15) is 36.2 Å². The molecular formula is C23H24N6O2. The molecule has 4 rings (SSSR count). The molecule has 8 nitrogen and oxygen atoms in total. The Morgan fingerprint density at radius 3 is 2.71 bits per heavy atom. The molecule has 0 saturated heterocycles. The van der Waals surface area contributed by atoms with E-state index in [4.69, 9.17) is 4.74 Å². The van der Waals surface area contributed by atoms with Crippen molar-refractivity contribution < 1.29 is 9.84 Å². The molecule has 0 unspecified atom stereocenters. The van der Waals surface area contributed by atoms with Crippen molar-refractivity contribution in [2.45, 2.75) is 32.4 Å². The first kappa shape index (κ1) is 20.6. The lowest BCUT2D eigenvalue weighted by Crippen LogP contribution is -2.31. The summed E-state index contributed by atoms with van der Waals surface area (Å²) in [6, 6.07) is 11.4. The van der Waals surface area contributed by atoms with Gasteiger partial charge in [-0.25, -0.2) is 15.0 Å². The second kappa shape index (κ2) is 8.20. The van der Waals surface area contributed by atoms with Gasteiger partial charge in [0.1, 0.15) is 29.8 Å². The predicted molar refractivity (Wildman–Crippen MR) is 117 cm³/mol. The number of hydrogen-bond donors (Lipinski definition) is 2. The van der Waals surface area contributed by atoms with Crippen LogP contribution in [-0.4, -0.2) is 33.7 Å². The van der Waals surface area contributed by atoms with Crippen LogP contribution in [0.15, 0.2) is 42.9 Å². The lowest BCUT2D eigenvalue weighted by Gasteiger charge is -2.31. The van der Waals surface area contributed by atoms with Crippen LogP contribution in [0.2, 0.25) is 0 Å². The number of pyridine rings is 1. The highest BCUT2D eigenvalue weighted by molar-refractivity contribution is 5.61. The second-order valence-electron chi connectivity index (χ2n) is 7.93. The molecule has 1 aromatic carbocycles. The quantitative estimate of drug-likeness (QED) is 0.652. The number of fused-ring (bicyclic) bond motifs is 1. The summed E-state index contributed by atoms with van der Waals surface area (Å²) in [5, 5.41) is 22.6. The molecule has 0 bridgehead atoms. The minimum Gasteiger partial charge on any atom is -0.495 e. The van der Waals surface area contributed by atoms with Gasteiger partial charge in [0.05, 0.1) is 30.5 Å². The van der Waals surface area contributed by atoms with E-state index in [1.807, 2.05) is 24.3 Å². The van der Waals surface area contributed by atoms with E-state index in [0.717, 1.165) is 41.3 Å². The largest absolute Gasteiger partial charge is 0.495 e. The van der Waals surface area contributed by atoms with Crippen LogP contribution < -0.4 is 15.0 Å². The molecule has 0 spiro atoms. The minimum atomic E-state index is -0.933. The van der Waals surface area contributed by atoms with Crippen molar-refractivity contribution in [2.24, 2.45) is 0 Å². The number of ether oxygens (including phenoxy) is 1. The number of methoxy groups -OCH3 is 1. The number of benzene rings is 1. The Balaban J connectivity index is 1.55. The van der Waals surface area contributed by atoms with E-state index < -0.39 is 5.60 Å². The fraction of sp³-hybridized carbons (Fsp3) is 0.304. The molecule has 31 heavy (non-hydrogen) atoms. The lowest BCUT2D eigenvalue weighted by molar-refractivity contribution is 0.0782. The molecule has 2 aromatic heterocycles. The van der Waals surface area contributed by atoms with Crippen molar-refractivity contribution in [3.8, 4) is 11.8 Å². The number of nitriles is 1. The first-order chi connectivity index (χ1) is 14.9. The maximum Gasteiger partial charge on any atom is 0.138 e. The summed E-state index contributed by atoms with van der Waals surface area (Å²) in [6.07, 6.45) is 3.98. The van der Waals surface area contributed by atoms with E-state index in [9.17, 15) is 10.4 Å². The molecule has 1 aliphatic heterocycles. The molecule has 0 amide bonds. The molecular weight excluding hydrogens is 392 g/mol. The Morgan fingerprint density at radius 2 is 2.03 bits per heavy atom. The van der Waals surface area contributed by atoms with Crippen molar-refractivity contribution in [1.29, 1.82) is 5.26 Å². The van der Waals surface area contributed by atoms with Crippen LogP contribution in [0.5, 0.6) is 5.75 Å². The average Bonchev–Trinajstić information content (AvgIpc) is 2.78. The van der Waals surface area contributed by atoms with Crippen LogP contribution in [0.25, 0.3) is 0 Å². The Morgan fingerprint density at radius 1 is 1.19 bits per heavy atom. The Bertz CT molecular complexity index is 1130. The SMILES string of the molecule is COc1cc(N2CCc3c(ncnc3Nc3ccc(C(C)(C)O)cn3)C2)ccc1C#N. The third-order valence-electron chi connectivity index (χ3n) is 5.39. The Hall–Kier alpha value is -3.70. The standard InChI is InChI=1S/C23H24N6O2/c1-23(2,30)16-5-7-21(25-12-16)28-22-18-8-9-29(13-19(18)26-14-27-22)17-6-4-15(11-24)20(10-17)31-3/h4-7,10,12,14,30H,8-9,13H2,1-3H3,(H,25,26,27,28). The third-order valence-corrected chi connectivity index (χ3v) is 5.39. The van der Waals surface area contributed by atoms with Gasteiger partial charge in [-0.1, -0.05) is 6.07 Å². The molecule has 2 N–H and O–H groups in total. The highest BCUT2D eigenvalue weighted by Crippen LogP contribution is 2.31. The molecule has 0 radical (unpaired) electrons. The number of aliphatic hydroxyl groups is 1. The van der Waals surface area contributed by atoms with E-state index in [1.54, 1.807) is 39.5 Å². The highest BCUT2D eigenvalue weighted by Gasteiger charge is 2.22. The van der Waals surface area contributed by atoms with Gasteiger partial charge in [0.2, 0.25) is 0 Å². The molecule has 3 aromatic rings. The topological polar surface area (TPSA) is 107 Å². The van der Waals surface area contributed by atoms with E-state index in [1.165, 1.54) is 0 Å². The molecule has 1 aliphatic rings. The van der Waals surface area contributed by atoms with E-state index in [-0.39, 0.29) is 0 Å². The lowest BCUT2D eigenvalue weighted by atomic mass is 10.0. The van der Waals surface area contributed by atoms with Crippen LogP contribution in [0.3, 0.4) is 0 Å². The number of nitrogens with zero attached hydrogens (tertiary/aromatic N) is 5. The summed E-state index contributed by atoms with van der Waals surface area (Å²) in [5.41, 5.74) is 3.32. The normalized spacial score (nSPS) is 13.3. The first-order valence-corrected chi connectivity index (χ1v) is 10.0. The number of nitrogens with one attached hydrogen (secondary N) is 1. The molecule has 3 heterocycles. The molecule has 0 saturated carbocycles. The maximum atomic E-state index is 10.1. The van der Waals surface area contributed by atoms with Crippen molar-refractivity contribution in [1.82, 2.24) is 15.0 Å². The summed E-state index contributed by atoms with van der Waals surface area (Å²) >= 11 is 0. The van der Waals surface area contributed by atoms with Crippen LogP contribution >= 0.6 is 0 Å². The van der Waals surface area contributed by atoms with Crippen molar-refractivity contribution in [3.05, 3.63) is 65.2 Å². The number of aromatic nitrogens is 3. The number of hydrogen-bond acceptors (Lipinski definition) is 8. The fourth-order valence-electron chi connectivity index (χ4n) is 3.60. The zero-order valence-corrected chi connectivity index (χ0v) is 17.8. The average molecular weight is 416 g/mol. The van der Waals surface area contributed by atoms with Crippen LogP contribution in [0, 0.1) is 11.3 Å². The van der Waals surface area contributed by atoms with Gasteiger partial charge in [-0.15, -0.1) is 0 Å². The molecule has 8 heteroatoms. The van der Waals surface area contributed by atoms with Gasteiger partial charge in [-0.05, 0) is 38.5 Å². The predicted octanol–water partition coefficient (Wildman–Crippen LogP) is 3.29. The van der Waals surface area contributed by atoms with Crippen molar-refractivity contribution >= 4 is 17.3 Å². The van der Waals surface area contributed by atoms with Gasteiger partial charge in [-0.3, -0.25) is 0 Å². The van der Waals surface area contributed by atoms with Crippen LogP contribution in [0.4, 0.5) is 17.3 Å². The molecule has 158 valence electrons. The minimum absolute atomic E-state index is 0.514. The van der Waals surface area contributed by atoms with Gasteiger partial charge in [0.25, 0.3) is 0 Å². The number of rotatable bonds is 5. The first-order valence-electron chi connectivity index (χ1n) is 10.0. The second-order valence-corrected chi connectivity index (χ2v) is 7.93. The monoisotopic (exact) mass is 416 g/mol. The van der Waals surface area contributed by atoms with Gasteiger partial charge < -0.3 is 20.1 Å². The zero-order valence-electron chi connectivity index (χ0n) is 17.8. The Labute approximate surface area is 181 Å². The van der Waals surface area contributed by atoms with Gasteiger partial charge in [-0.2, -0.15) is 5.26 Å². The maximum absolute atomic E-state index is 10.1. The van der Waals surface area contributed by atoms with E-state index >= 15 is 0 Å². The van der Waals surface area contributed by atoms with Gasteiger partial charge >= 0.3 is 0 Å². The summed E-state index contributed by atoms with van der Waals surface area (Å²) in [6.45, 7) is 4.88. The summed E-state index contributed by atoms with van der Waals surface area (Å²) in [5.74, 6) is 1.97. The van der Waals surface area contributed by atoms with Gasteiger partial charge in [0.15, 0.2) is 0 Å². The zero-order chi connectivity index (χ0) is 22.0. The Kier molecular flexibility index (Phi) is 5.44. The van der Waals surface area contributed by atoms with Gasteiger partial charge in [0, 0.05) is 35.6 Å². The smallest absolute Gasteiger partial charge is 0.138 e.